The Morgan fingerprint density at radius 1 is 1.29 bits per heavy atom. The first-order chi connectivity index (χ1) is 9.79. The molecule has 1 unspecified atom stereocenters. The first-order valence-electron chi connectivity index (χ1n) is 7.86. The van der Waals surface area contributed by atoms with Crippen LogP contribution in [0, 0.1) is 11.8 Å². The third-order valence-corrected chi connectivity index (χ3v) is 5.26. The summed E-state index contributed by atoms with van der Waals surface area (Å²) in [5.41, 5.74) is 2.12. The second-order valence-electron chi connectivity index (χ2n) is 6.06. The van der Waals surface area contributed by atoms with Crippen LogP contribution in [0.1, 0.15) is 44.0 Å². The number of aromatic nitrogens is 2. The van der Waals surface area contributed by atoms with E-state index in [1.54, 1.807) is 12.4 Å². The number of hydrogen-bond acceptors (Lipinski definition) is 4. The lowest BCUT2D eigenvalue weighted by Gasteiger charge is -2.45. The molecular formula is C16H24ClN3S. The number of piperidine rings is 3. The third kappa shape index (κ3) is 3.61. The Bertz CT molecular complexity index is 486. The molecule has 4 heterocycles. The maximum atomic E-state index is 5.81. The topological polar surface area (TPSA) is 29.0 Å². The van der Waals surface area contributed by atoms with Crippen LogP contribution in [0.3, 0.4) is 0 Å². The molecule has 21 heavy (non-hydrogen) atoms. The average Bonchev–Trinajstić information content (AvgIpc) is 2.53. The highest BCUT2D eigenvalue weighted by atomic mass is 35.5. The minimum atomic E-state index is 0. The molecule has 1 aromatic heterocycles. The van der Waals surface area contributed by atoms with Crippen molar-refractivity contribution in [2.75, 3.05) is 19.6 Å². The summed E-state index contributed by atoms with van der Waals surface area (Å²) in [6.07, 6.45) is 9.54. The van der Waals surface area contributed by atoms with Crippen molar-refractivity contribution in [1.82, 2.24) is 14.9 Å². The van der Waals surface area contributed by atoms with Gasteiger partial charge < -0.3 is 4.90 Å². The molecular weight excluding hydrogens is 302 g/mol. The Labute approximate surface area is 139 Å². The van der Waals surface area contributed by atoms with Crippen molar-refractivity contribution in [3.8, 4) is 0 Å². The van der Waals surface area contributed by atoms with Crippen molar-refractivity contribution in [3.63, 3.8) is 0 Å². The van der Waals surface area contributed by atoms with Gasteiger partial charge >= 0.3 is 0 Å². The summed E-state index contributed by atoms with van der Waals surface area (Å²) in [6.45, 7) is 5.86. The van der Waals surface area contributed by atoms with E-state index in [9.17, 15) is 0 Å². The zero-order chi connectivity index (χ0) is 13.9. The Morgan fingerprint density at radius 3 is 2.62 bits per heavy atom. The molecule has 5 heteroatoms. The highest BCUT2D eigenvalue weighted by molar-refractivity contribution is 7.80. The Balaban J connectivity index is 0.00000161. The molecule has 3 fully saturated rings. The Morgan fingerprint density at radius 2 is 2.00 bits per heavy atom. The van der Waals surface area contributed by atoms with Gasteiger partial charge in [0.05, 0.1) is 11.4 Å². The summed E-state index contributed by atoms with van der Waals surface area (Å²) < 4.78 is 0. The first-order valence-corrected chi connectivity index (χ1v) is 8.27. The predicted octanol–water partition coefficient (Wildman–Crippen LogP) is 3.30. The minimum absolute atomic E-state index is 0. The number of fused-ring (bicyclic) bond motifs is 3. The van der Waals surface area contributed by atoms with Crippen molar-refractivity contribution >= 4 is 29.5 Å². The number of halogens is 1. The normalized spacial score (nSPS) is 27.2. The fourth-order valence-electron chi connectivity index (χ4n) is 3.54. The summed E-state index contributed by atoms with van der Waals surface area (Å²) in [5, 5.41) is 0. The summed E-state index contributed by atoms with van der Waals surface area (Å²) in [5.74, 6) is 1.29. The second-order valence-corrected chi connectivity index (χ2v) is 6.50. The van der Waals surface area contributed by atoms with Gasteiger partial charge in [-0.25, -0.2) is 0 Å². The van der Waals surface area contributed by atoms with Crippen molar-refractivity contribution in [1.29, 1.82) is 0 Å². The van der Waals surface area contributed by atoms with E-state index in [4.69, 9.17) is 12.2 Å². The van der Waals surface area contributed by atoms with E-state index in [0.717, 1.165) is 41.6 Å². The fraction of sp³-hybridized carbons (Fsp3) is 0.688. The number of nitrogens with zero attached hydrogens (tertiary/aromatic N) is 3. The molecule has 0 saturated carbocycles. The monoisotopic (exact) mass is 325 g/mol. The van der Waals surface area contributed by atoms with Gasteiger partial charge in [0.15, 0.2) is 0 Å². The zero-order valence-corrected chi connectivity index (χ0v) is 14.3. The molecule has 0 N–H and O–H groups in total. The summed E-state index contributed by atoms with van der Waals surface area (Å²) >= 11 is 5.81. The van der Waals surface area contributed by atoms with Crippen LogP contribution in [0.2, 0.25) is 0 Å². The summed E-state index contributed by atoms with van der Waals surface area (Å²) in [6, 6.07) is 0. The van der Waals surface area contributed by atoms with Crippen LogP contribution in [0.5, 0.6) is 0 Å². The lowest BCUT2D eigenvalue weighted by Crippen LogP contribution is -2.50. The fourth-order valence-corrected chi connectivity index (χ4v) is 3.98. The summed E-state index contributed by atoms with van der Waals surface area (Å²) in [4.78, 5) is 12.7. The van der Waals surface area contributed by atoms with E-state index in [-0.39, 0.29) is 12.4 Å². The average molecular weight is 326 g/mol. The molecule has 4 rings (SSSR count). The number of thiocarbonyl (C=S) groups is 1. The smallest absolute Gasteiger partial charge is 0.0987 e. The van der Waals surface area contributed by atoms with E-state index in [1.807, 2.05) is 0 Å². The van der Waals surface area contributed by atoms with E-state index in [1.165, 1.54) is 32.4 Å². The Hall–Kier alpha value is -0.580. The van der Waals surface area contributed by atoms with Crippen molar-refractivity contribution in [2.24, 2.45) is 11.8 Å². The molecule has 3 nitrogen and oxygen atoms in total. The maximum Gasteiger partial charge on any atom is 0.0987 e. The number of hydrogen-bond donors (Lipinski definition) is 0. The molecule has 116 valence electrons. The van der Waals surface area contributed by atoms with Crippen molar-refractivity contribution in [2.45, 2.75) is 39.0 Å². The molecule has 3 saturated heterocycles. The Kier molecular flexibility index (Phi) is 6.08. The molecule has 0 radical (unpaired) electrons. The largest absolute Gasteiger partial charge is 0.303 e. The lowest BCUT2D eigenvalue weighted by molar-refractivity contribution is 0.0832. The van der Waals surface area contributed by atoms with Gasteiger partial charge in [0.2, 0.25) is 0 Å². The van der Waals surface area contributed by atoms with Crippen LogP contribution >= 0.6 is 24.6 Å². The second kappa shape index (κ2) is 7.61. The lowest BCUT2D eigenvalue weighted by atomic mass is 9.76. The molecule has 0 spiro atoms. The van der Waals surface area contributed by atoms with Gasteiger partial charge in [0.1, 0.15) is 0 Å². The van der Waals surface area contributed by atoms with Gasteiger partial charge in [0.25, 0.3) is 0 Å². The van der Waals surface area contributed by atoms with Gasteiger partial charge in [-0.3, -0.25) is 9.97 Å². The zero-order valence-electron chi connectivity index (χ0n) is 12.6. The highest BCUT2D eigenvalue weighted by Crippen LogP contribution is 2.34. The maximum absolute atomic E-state index is 5.81. The number of aryl methyl sites for hydroxylation is 1. The standard InChI is InChI=1S/C16H23N3S.ClH/c1-2-3-4-14-15(18-8-7-17-14)16(20)13-11-19-9-5-12(13)6-10-19;/h7-8,12-13H,2-6,9-11H2,1H3;1H. The van der Waals surface area contributed by atoms with Crippen LogP contribution in [-0.2, 0) is 6.42 Å². The molecule has 1 aromatic rings. The van der Waals surface area contributed by atoms with E-state index in [2.05, 4.69) is 21.8 Å². The van der Waals surface area contributed by atoms with E-state index in [0.29, 0.717) is 5.92 Å². The highest BCUT2D eigenvalue weighted by Gasteiger charge is 2.37. The van der Waals surface area contributed by atoms with Gasteiger partial charge in [-0.15, -0.1) is 12.4 Å². The van der Waals surface area contributed by atoms with Crippen LogP contribution in [0.4, 0.5) is 0 Å². The van der Waals surface area contributed by atoms with Crippen molar-refractivity contribution < 1.29 is 0 Å². The SMILES string of the molecule is CCCCc1nccnc1C(=S)C1CN2CCC1CC2.Cl. The molecule has 2 bridgehead atoms. The quantitative estimate of drug-likeness (QED) is 0.613. The van der Waals surface area contributed by atoms with Gasteiger partial charge in [-0.05, 0) is 44.7 Å². The number of rotatable bonds is 5. The minimum Gasteiger partial charge on any atom is -0.303 e. The van der Waals surface area contributed by atoms with Crippen molar-refractivity contribution in [3.05, 3.63) is 23.8 Å². The molecule has 0 aromatic carbocycles. The molecule has 3 aliphatic heterocycles. The molecule has 0 aliphatic carbocycles. The van der Waals surface area contributed by atoms with E-state index < -0.39 is 0 Å². The van der Waals surface area contributed by atoms with Crippen LogP contribution in [0.25, 0.3) is 0 Å². The van der Waals surface area contributed by atoms with E-state index >= 15 is 0 Å². The third-order valence-electron chi connectivity index (χ3n) is 4.77. The van der Waals surface area contributed by atoms with Gasteiger partial charge in [0, 0.05) is 29.7 Å². The van der Waals surface area contributed by atoms with Gasteiger partial charge in [-0.1, -0.05) is 25.6 Å². The van der Waals surface area contributed by atoms with Gasteiger partial charge in [-0.2, -0.15) is 0 Å². The molecule has 0 amide bonds. The van der Waals surface area contributed by atoms with Crippen LogP contribution in [-0.4, -0.2) is 39.4 Å². The predicted molar refractivity (Wildman–Crippen MR) is 92.2 cm³/mol. The number of unbranched alkanes of at least 4 members (excludes halogenated alkanes) is 1. The molecule has 3 aliphatic rings. The van der Waals surface area contributed by atoms with Crippen LogP contribution in [0.15, 0.2) is 12.4 Å². The molecule has 1 atom stereocenters. The van der Waals surface area contributed by atoms with Crippen LogP contribution < -0.4 is 0 Å². The summed E-state index contributed by atoms with van der Waals surface area (Å²) in [7, 11) is 0. The first kappa shape index (κ1) is 16.8.